The molecule has 0 fully saturated rings. The first kappa shape index (κ1) is 17.2. The van der Waals surface area contributed by atoms with Crippen molar-refractivity contribution in [3.63, 3.8) is 0 Å². The van der Waals surface area contributed by atoms with Gasteiger partial charge in [0.05, 0.1) is 6.54 Å². The summed E-state index contributed by atoms with van der Waals surface area (Å²) in [4.78, 5) is 26.1. The standard InChI is InChI=1S/C19H22N4O2/c1-2-3-10-19(21-22-19)11-8-17(24)20-13-18(25)23-12-9-15-6-4-5-7-16(15)14-23/h1,4-7H,3,8-14H2,(H,20,24). The molecule has 2 amide bonds. The second-order valence-electron chi connectivity index (χ2n) is 6.50. The highest BCUT2D eigenvalue weighted by Gasteiger charge is 2.39. The molecular weight excluding hydrogens is 316 g/mol. The van der Waals surface area contributed by atoms with E-state index >= 15 is 0 Å². The second kappa shape index (κ2) is 7.47. The number of fused-ring (bicyclic) bond motifs is 1. The molecule has 1 aromatic carbocycles. The number of terminal acetylenes is 1. The topological polar surface area (TPSA) is 74.1 Å². The van der Waals surface area contributed by atoms with E-state index in [1.165, 1.54) is 11.1 Å². The molecule has 0 spiro atoms. The van der Waals surface area contributed by atoms with E-state index in [4.69, 9.17) is 6.42 Å². The summed E-state index contributed by atoms with van der Waals surface area (Å²) in [7, 11) is 0. The van der Waals surface area contributed by atoms with Gasteiger partial charge in [0.25, 0.3) is 0 Å². The minimum Gasteiger partial charge on any atom is -0.347 e. The first-order chi connectivity index (χ1) is 12.1. The first-order valence-electron chi connectivity index (χ1n) is 8.61. The molecule has 2 aliphatic heterocycles. The Hall–Kier alpha value is -2.68. The average Bonchev–Trinajstić information content (AvgIpc) is 3.42. The van der Waals surface area contributed by atoms with Crippen molar-refractivity contribution in [1.82, 2.24) is 10.2 Å². The summed E-state index contributed by atoms with van der Waals surface area (Å²) < 4.78 is 0. The molecule has 6 nitrogen and oxygen atoms in total. The molecule has 2 heterocycles. The Morgan fingerprint density at radius 1 is 1.24 bits per heavy atom. The lowest BCUT2D eigenvalue weighted by molar-refractivity contribution is -0.133. The van der Waals surface area contributed by atoms with Gasteiger partial charge in [0, 0.05) is 38.8 Å². The molecule has 3 rings (SSSR count). The fourth-order valence-corrected chi connectivity index (χ4v) is 3.06. The lowest BCUT2D eigenvalue weighted by Crippen LogP contribution is -2.42. The van der Waals surface area contributed by atoms with Crippen LogP contribution >= 0.6 is 0 Å². The lowest BCUT2D eigenvalue weighted by atomic mass is 10.00. The van der Waals surface area contributed by atoms with E-state index in [2.05, 4.69) is 27.5 Å². The number of amides is 2. The minimum absolute atomic E-state index is 0.0344. The Balaban J connectivity index is 1.39. The zero-order valence-electron chi connectivity index (χ0n) is 14.2. The van der Waals surface area contributed by atoms with E-state index < -0.39 is 5.66 Å². The van der Waals surface area contributed by atoms with E-state index in [-0.39, 0.29) is 18.4 Å². The monoisotopic (exact) mass is 338 g/mol. The van der Waals surface area contributed by atoms with Gasteiger partial charge in [0.1, 0.15) is 0 Å². The summed E-state index contributed by atoms with van der Waals surface area (Å²) in [5.41, 5.74) is 2.02. The van der Waals surface area contributed by atoms with Gasteiger partial charge in [-0.1, -0.05) is 24.3 Å². The third-order valence-electron chi connectivity index (χ3n) is 4.73. The molecule has 0 radical (unpaired) electrons. The number of hydrogen-bond acceptors (Lipinski definition) is 4. The summed E-state index contributed by atoms with van der Waals surface area (Å²) in [6, 6.07) is 8.15. The Bertz CT molecular complexity index is 729. The summed E-state index contributed by atoms with van der Waals surface area (Å²) in [6.07, 6.45) is 8.23. The summed E-state index contributed by atoms with van der Waals surface area (Å²) >= 11 is 0. The summed E-state index contributed by atoms with van der Waals surface area (Å²) in [5, 5.41) is 10.7. The van der Waals surface area contributed by atoms with Gasteiger partial charge < -0.3 is 10.2 Å². The molecule has 6 heteroatoms. The molecule has 25 heavy (non-hydrogen) atoms. The number of hydrogen-bond donors (Lipinski definition) is 1. The fourth-order valence-electron chi connectivity index (χ4n) is 3.06. The molecular formula is C19H22N4O2. The third-order valence-corrected chi connectivity index (χ3v) is 4.73. The fraction of sp³-hybridized carbons (Fsp3) is 0.474. The SMILES string of the molecule is C#CCCC1(CCC(=O)NCC(=O)N2CCc3ccccc3C2)N=N1. The van der Waals surface area contributed by atoms with Crippen molar-refractivity contribution in [2.75, 3.05) is 13.1 Å². The molecule has 0 aliphatic carbocycles. The van der Waals surface area contributed by atoms with E-state index in [0.717, 1.165) is 6.42 Å². The van der Waals surface area contributed by atoms with Gasteiger partial charge in [-0.3, -0.25) is 9.59 Å². The number of rotatable bonds is 7. The Labute approximate surface area is 147 Å². The van der Waals surface area contributed by atoms with Crippen molar-refractivity contribution >= 4 is 11.8 Å². The first-order valence-corrected chi connectivity index (χ1v) is 8.61. The maximum absolute atomic E-state index is 12.3. The predicted octanol–water partition coefficient (Wildman–Crippen LogP) is 2.04. The molecule has 0 aromatic heterocycles. The van der Waals surface area contributed by atoms with Crippen LogP contribution in [0.2, 0.25) is 0 Å². The molecule has 0 unspecified atom stereocenters. The molecule has 1 N–H and O–H groups in total. The summed E-state index contributed by atoms with van der Waals surface area (Å²) in [5.74, 6) is 2.36. The van der Waals surface area contributed by atoms with Gasteiger partial charge in [0.2, 0.25) is 11.8 Å². The van der Waals surface area contributed by atoms with Crippen LogP contribution in [0.4, 0.5) is 0 Å². The van der Waals surface area contributed by atoms with Crippen LogP contribution in [0.25, 0.3) is 0 Å². The zero-order chi connectivity index (χ0) is 17.7. The van der Waals surface area contributed by atoms with Crippen LogP contribution < -0.4 is 5.32 Å². The van der Waals surface area contributed by atoms with Crippen LogP contribution in [0.1, 0.15) is 36.8 Å². The predicted molar refractivity (Wildman–Crippen MR) is 93.5 cm³/mol. The van der Waals surface area contributed by atoms with E-state index in [0.29, 0.717) is 38.8 Å². The van der Waals surface area contributed by atoms with Gasteiger partial charge in [-0.25, -0.2) is 0 Å². The van der Waals surface area contributed by atoms with Crippen molar-refractivity contribution < 1.29 is 9.59 Å². The van der Waals surface area contributed by atoms with Gasteiger partial charge in [-0.15, -0.1) is 12.3 Å². The average molecular weight is 338 g/mol. The van der Waals surface area contributed by atoms with Crippen LogP contribution in [0.15, 0.2) is 34.5 Å². The van der Waals surface area contributed by atoms with Crippen molar-refractivity contribution in [3.05, 3.63) is 35.4 Å². The van der Waals surface area contributed by atoms with Crippen LogP contribution in [0, 0.1) is 12.3 Å². The number of carbonyl (C=O) groups excluding carboxylic acids is 2. The zero-order valence-corrected chi connectivity index (χ0v) is 14.2. The molecule has 2 aliphatic rings. The molecule has 0 bridgehead atoms. The van der Waals surface area contributed by atoms with Gasteiger partial charge >= 0.3 is 0 Å². The summed E-state index contributed by atoms with van der Waals surface area (Å²) in [6.45, 7) is 1.34. The Kier molecular flexibility index (Phi) is 5.13. The Morgan fingerprint density at radius 3 is 2.72 bits per heavy atom. The minimum atomic E-state index is -0.454. The highest BCUT2D eigenvalue weighted by molar-refractivity contribution is 5.84. The van der Waals surface area contributed by atoms with Gasteiger partial charge in [0.15, 0.2) is 5.66 Å². The van der Waals surface area contributed by atoms with Gasteiger partial charge in [-0.05, 0) is 17.5 Å². The largest absolute Gasteiger partial charge is 0.347 e. The molecule has 0 saturated carbocycles. The molecule has 130 valence electrons. The number of nitrogens with one attached hydrogen (secondary N) is 1. The second-order valence-corrected chi connectivity index (χ2v) is 6.50. The van der Waals surface area contributed by atoms with Crippen LogP contribution in [-0.4, -0.2) is 35.5 Å². The van der Waals surface area contributed by atoms with Crippen molar-refractivity contribution in [1.29, 1.82) is 0 Å². The Morgan fingerprint density at radius 2 is 2.00 bits per heavy atom. The number of benzene rings is 1. The van der Waals surface area contributed by atoms with Gasteiger partial charge in [-0.2, -0.15) is 10.2 Å². The number of nitrogens with zero attached hydrogens (tertiary/aromatic N) is 3. The third kappa shape index (κ3) is 4.44. The highest BCUT2D eigenvalue weighted by atomic mass is 16.2. The quantitative estimate of drug-likeness (QED) is 0.773. The smallest absolute Gasteiger partial charge is 0.242 e. The molecule has 0 atom stereocenters. The maximum Gasteiger partial charge on any atom is 0.242 e. The van der Waals surface area contributed by atoms with Crippen molar-refractivity contribution in [2.24, 2.45) is 10.2 Å². The maximum atomic E-state index is 12.3. The highest BCUT2D eigenvalue weighted by Crippen LogP contribution is 2.37. The molecule has 0 saturated heterocycles. The van der Waals surface area contributed by atoms with Crippen LogP contribution in [0.3, 0.4) is 0 Å². The van der Waals surface area contributed by atoms with Crippen LogP contribution in [0.5, 0.6) is 0 Å². The lowest BCUT2D eigenvalue weighted by Gasteiger charge is -2.29. The van der Waals surface area contributed by atoms with E-state index in [9.17, 15) is 9.59 Å². The van der Waals surface area contributed by atoms with Crippen LogP contribution in [-0.2, 0) is 22.6 Å². The van der Waals surface area contributed by atoms with Crippen molar-refractivity contribution in [3.8, 4) is 12.3 Å². The van der Waals surface area contributed by atoms with Crippen molar-refractivity contribution in [2.45, 2.75) is 44.3 Å². The van der Waals surface area contributed by atoms with E-state index in [1.54, 1.807) is 4.90 Å². The molecule has 1 aromatic rings. The normalized spacial score (nSPS) is 16.7. The number of carbonyl (C=O) groups is 2. The van der Waals surface area contributed by atoms with E-state index in [1.807, 2.05) is 18.2 Å².